The third-order valence-corrected chi connectivity index (χ3v) is 7.34. The number of hydrogen-bond acceptors (Lipinski definition) is 3. The average molecular weight is 531 g/mol. The molecule has 0 fully saturated rings. The Morgan fingerprint density at radius 1 is 1.03 bits per heavy atom. The first-order valence-electron chi connectivity index (χ1n) is 12.9. The smallest absolute Gasteiger partial charge is 0.303 e. The molecule has 1 amide bonds. The average Bonchev–Trinajstić information content (AvgIpc) is 2.90. The number of carbonyl (C=O) groups excluding carboxylic acids is 1. The second kappa shape index (κ2) is 11.3. The molecule has 38 heavy (non-hydrogen) atoms. The number of unbranched alkanes of at least 4 members (excludes halogenated alkanes) is 1. The van der Waals surface area contributed by atoms with Crippen molar-refractivity contribution < 1.29 is 19.1 Å². The van der Waals surface area contributed by atoms with E-state index in [2.05, 4.69) is 5.32 Å². The van der Waals surface area contributed by atoms with Gasteiger partial charge in [-0.2, -0.15) is 0 Å². The molecule has 1 atom stereocenters. The zero-order chi connectivity index (χ0) is 26.6. The van der Waals surface area contributed by atoms with Crippen molar-refractivity contribution in [2.45, 2.75) is 51.0 Å². The first kappa shape index (κ1) is 25.9. The van der Waals surface area contributed by atoms with E-state index in [9.17, 15) is 14.0 Å². The number of fused-ring (bicyclic) bond motifs is 2. The van der Waals surface area contributed by atoms with Crippen LogP contribution < -0.4 is 5.32 Å². The Bertz CT molecular complexity index is 1500. The highest BCUT2D eigenvalue weighted by Gasteiger charge is 2.23. The van der Waals surface area contributed by atoms with Crippen LogP contribution in [0, 0.1) is 5.82 Å². The van der Waals surface area contributed by atoms with Crippen molar-refractivity contribution in [3.05, 3.63) is 99.8 Å². The van der Waals surface area contributed by atoms with E-state index in [4.69, 9.17) is 21.7 Å². The fourth-order valence-electron chi connectivity index (χ4n) is 5.18. The number of aliphatic carboxylic acids is 1. The molecule has 2 N–H and O–H groups in total. The number of aromatic nitrogens is 1. The lowest BCUT2D eigenvalue weighted by molar-refractivity contribution is -0.137. The van der Waals surface area contributed by atoms with Crippen molar-refractivity contribution in [1.82, 2.24) is 10.3 Å². The molecule has 1 heterocycles. The molecule has 1 aliphatic rings. The minimum Gasteiger partial charge on any atom is -0.481 e. The predicted octanol–water partition coefficient (Wildman–Crippen LogP) is 7.30. The first-order valence-corrected chi connectivity index (χ1v) is 13.3. The largest absolute Gasteiger partial charge is 0.481 e. The van der Waals surface area contributed by atoms with Gasteiger partial charge < -0.3 is 10.4 Å². The normalized spacial score (nSPS) is 14.7. The summed E-state index contributed by atoms with van der Waals surface area (Å²) in [5, 5.41) is 13.6. The van der Waals surface area contributed by atoms with Crippen molar-refractivity contribution >= 4 is 34.4 Å². The number of pyridine rings is 1. The molecule has 7 heteroatoms. The fraction of sp³-hybridized carbons (Fsp3) is 0.258. The van der Waals surface area contributed by atoms with Crippen molar-refractivity contribution in [2.75, 3.05) is 0 Å². The summed E-state index contributed by atoms with van der Waals surface area (Å²) in [5.41, 5.74) is 5.97. The van der Waals surface area contributed by atoms with E-state index in [1.165, 1.54) is 6.07 Å². The van der Waals surface area contributed by atoms with E-state index in [1.54, 1.807) is 18.2 Å². The highest BCUT2D eigenvalue weighted by Crippen LogP contribution is 2.32. The summed E-state index contributed by atoms with van der Waals surface area (Å²) < 4.78 is 13.7. The number of halogens is 2. The van der Waals surface area contributed by atoms with Crippen molar-refractivity contribution in [3.63, 3.8) is 0 Å². The van der Waals surface area contributed by atoms with Gasteiger partial charge in [-0.3, -0.25) is 9.59 Å². The molecule has 5 rings (SSSR count). The van der Waals surface area contributed by atoms with Gasteiger partial charge in [0.1, 0.15) is 5.82 Å². The Balaban J connectivity index is 1.43. The summed E-state index contributed by atoms with van der Waals surface area (Å²) in [6, 6.07) is 19.6. The van der Waals surface area contributed by atoms with Crippen LogP contribution >= 0.6 is 11.6 Å². The second-order valence-electron chi connectivity index (χ2n) is 9.77. The van der Waals surface area contributed by atoms with Crippen molar-refractivity contribution in [2.24, 2.45) is 0 Å². The standard InChI is InChI=1S/C31H28ClFN2O3/c32-24-11-8-19(9-12-24)30-21(4-1-2-7-29(36)37)16-23-17-22(10-15-27(23)34-30)31(38)35-28-6-3-5-20-18-25(33)13-14-26(20)28/h8-18,28H,1-7H2,(H,35,38)(H,36,37). The lowest BCUT2D eigenvalue weighted by Gasteiger charge is -2.26. The molecule has 0 radical (unpaired) electrons. The third-order valence-electron chi connectivity index (χ3n) is 7.08. The quantitative estimate of drug-likeness (QED) is 0.234. The molecule has 0 bridgehead atoms. The molecule has 5 nitrogen and oxygen atoms in total. The lowest BCUT2D eigenvalue weighted by atomic mass is 9.87. The van der Waals surface area contributed by atoms with Gasteiger partial charge in [0.25, 0.3) is 5.91 Å². The van der Waals surface area contributed by atoms with Crippen LogP contribution in [0.3, 0.4) is 0 Å². The topological polar surface area (TPSA) is 79.3 Å². The van der Waals surface area contributed by atoms with Gasteiger partial charge in [0, 0.05) is 28.0 Å². The summed E-state index contributed by atoms with van der Waals surface area (Å²) in [6.45, 7) is 0. The Hall–Kier alpha value is -3.77. The van der Waals surface area contributed by atoms with E-state index in [0.29, 0.717) is 29.8 Å². The van der Waals surface area contributed by atoms with Gasteiger partial charge in [-0.1, -0.05) is 29.8 Å². The molecule has 1 aliphatic carbocycles. The Kier molecular flexibility index (Phi) is 7.70. The van der Waals surface area contributed by atoms with Crippen molar-refractivity contribution in [1.29, 1.82) is 0 Å². The number of carbonyl (C=O) groups is 2. The van der Waals surface area contributed by atoms with Crippen LogP contribution in [0.25, 0.3) is 22.2 Å². The zero-order valence-electron chi connectivity index (χ0n) is 20.8. The van der Waals surface area contributed by atoms with Gasteiger partial charge in [-0.15, -0.1) is 0 Å². The number of benzene rings is 3. The maximum atomic E-state index is 13.7. The van der Waals surface area contributed by atoms with E-state index >= 15 is 0 Å². The zero-order valence-corrected chi connectivity index (χ0v) is 21.6. The molecule has 194 valence electrons. The molecular weight excluding hydrogens is 503 g/mol. The van der Waals surface area contributed by atoms with Gasteiger partial charge in [-0.05, 0) is 104 Å². The van der Waals surface area contributed by atoms with Crippen LogP contribution in [0.15, 0.2) is 66.7 Å². The molecular formula is C31H28ClFN2O3. The van der Waals surface area contributed by atoms with Crippen LogP contribution in [0.4, 0.5) is 4.39 Å². The van der Waals surface area contributed by atoms with Crippen LogP contribution in [0.2, 0.25) is 5.02 Å². The SMILES string of the molecule is O=C(O)CCCCc1cc2cc(C(=O)NC3CCCc4cc(F)ccc43)ccc2nc1-c1ccc(Cl)cc1. The number of carboxylic acid groups (broad SMARTS) is 1. The molecule has 1 aromatic heterocycles. The molecule has 4 aromatic rings. The van der Waals surface area contributed by atoms with E-state index in [0.717, 1.165) is 58.1 Å². The number of amides is 1. The third kappa shape index (κ3) is 5.86. The number of rotatable bonds is 8. The van der Waals surface area contributed by atoms with Crippen LogP contribution in [0.5, 0.6) is 0 Å². The van der Waals surface area contributed by atoms with E-state index < -0.39 is 5.97 Å². The van der Waals surface area contributed by atoms with Crippen LogP contribution in [-0.4, -0.2) is 22.0 Å². The van der Waals surface area contributed by atoms with E-state index in [-0.39, 0.29) is 24.2 Å². The minimum atomic E-state index is -0.805. The minimum absolute atomic E-state index is 0.124. The predicted molar refractivity (Wildman–Crippen MR) is 147 cm³/mol. The molecule has 0 spiro atoms. The van der Waals surface area contributed by atoms with Gasteiger partial charge in [0.2, 0.25) is 0 Å². The van der Waals surface area contributed by atoms with Crippen LogP contribution in [0.1, 0.15) is 65.2 Å². The highest BCUT2D eigenvalue weighted by atomic mass is 35.5. The molecule has 3 aromatic carbocycles. The lowest BCUT2D eigenvalue weighted by Crippen LogP contribution is -2.31. The monoisotopic (exact) mass is 530 g/mol. The molecule has 1 unspecified atom stereocenters. The van der Waals surface area contributed by atoms with E-state index in [1.807, 2.05) is 42.5 Å². The Morgan fingerprint density at radius 3 is 2.63 bits per heavy atom. The van der Waals surface area contributed by atoms with Crippen LogP contribution in [-0.2, 0) is 17.6 Å². The maximum absolute atomic E-state index is 13.7. The summed E-state index contributed by atoms with van der Waals surface area (Å²) in [7, 11) is 0. The maximum Gasteiger partial charge on any atom is 0.303 e. The molecule has 0 aliphatic heterocycles. The van der Waals surface area contributed by atoms with Gasteiger partial charge in [0.15, 0.2) is 0 Å². The number of nitrogens with one attached hydrogen (secondary N) is 1. The number of carboxylic acids is 1. The van der Waals surface area contributed by atoms with Gasteiger partial charge >= 0.3 is 5.97 Å². The number of nitrogens with zero attached hydrogens (tertiary/aromatic N) is 1. The summed E-state index contributed by atoms with van der Waals surface area (Å²) in [5.74, 6) is -1.24. The first-order chi connectivity index (χ1) is 18.4. The number of hydrogen-bond donors (Lipinski definition) is 2. The Morgan fingerprint density at radius 2 is 1.84 bits per heavy atom. The van der Waals surface area contributed by atoms with Gasteiger partial charge in [0.05, 0.1) is 17.3 Å². The second-order valence-corrected chi connectivity index (χ2v) is 10.2. The number of aryl methyl sites for hydroxylation is 2. The highest BCUT2D eigenvalue weighted by molar-refractivity contribution is 6.30. The summed E-state index contributed by atoms with van der Waals surface area (Å²) >= 11 is 6.09. The van der Waals surface area contributed by atoms with Gasteiger partial charge in [-0.25, -0.2) is 9.37 Å². The Labute approximate surface area is 225 Å². The molecule has 0 saturated heterocycles. The fourth-order valence-corrected chi connectivity index (χ4v) is 5.30. The molecule has 0 saturated carbocycles. The summed E-state index contributed by atoms with van der Waals surface area (Å²) in [6.07, 6.45) is 4.58. The summed E-state index contributed by atoms with van der Waals surface area (Å²) in [4.78, 5) is 29.1. The van der Waals surface area contributed by atoms with Crippen molar-refractivity contribution in [3.8, 4) is 11.3 Å².